The minimum absolute atomic E-state index is 0.112. The van der Waals surface area contributed by atoms with Gasteiger partial charge in [0.05, 0.1) is 22.4 Å². The molecule has 2 aromatic carbocycles. The van der Waals surface area contributed by atoms with Crippen molar-refractivity contribution in [2.24, 2.45) is 0 Å². The van der Waals surface area contributed by atoms with Crippen LogP contribution in [0.4, 0.5) is 18.0 Å². The molecule has 1 N–H and O–H groups in total. The number of benzene rings is 2. The van der Waals surface area contributed by atoms with Crippen molar-refractivity contribution in [2.45, 2.75) is 31.2 Å². The molecule has 1 saturated heterocycles. The lowest BCUT2D eigenvalue weighted by Crippen LogP contribution is -2.25. The van der Waals surface area contributed by atoms with E-state index in [1.807, 2.05) is 6.92 Å². The van der Waals surface area contributed by atoms with Crippen LogP contribution in [0.1, 0.15) is 29.2 Å². The molecular weight excluding hydrogens is 405 g/mol. The third-order valence-corrected chi connectivity index (χ3v) is 5.36. The highest BCUT2D eigenvalue weighted by Gasteiger charge is 2.34. The summed E-state index contributed by atoms with van der Waals surface area (Å²) in [7, 11) is 0. The van der Waals surface area contributed by atoms with Crippen molar-refractivity contribution in [2.75, 3.05) is 0 Å². The molecule has 3 rings (SSSR count). The summed E-state index contributed by atoms with van der Waals surface area (Å²) < 4.78 is 44.4. The maximum Gasteiger partial charge on any atom is 0.417 e. The van der Waals surface area contributed by atoms with E-state index in [0.717, 1.165) is 41.1 Å². The Morgan fingerprint density at radius 1 is 1.14 bits per heavy atom. The lowest BCUT2D eigenvalue weighted by Gasteiger charge is -2.14. The van der Waals surface area contributed by atoms with Gasteiger partial charge in [0.25, 0.3) is 5.24 Å². The van der Waals surface area contributed by atoms with Gasteiger partial charge in [0.1, 0.15) is 11.5 Å². The molecule has 0 aromatic heterocycles. The fourth-order valence-electron chi connectivity index (χ4n) is 2.98. The van der Waals surface area contributed by atoms with Crippen LogP contribution in [-0.4, -0.2) is 16.4 Å². The van der Waals surface area contributed by atoms with Crippen LogP contribution in [0, 0.1) is 11.3 Å². The Labute approximate surface area is 168 Å². The van der Waals surface area contributed by atoms with Crippen molar-refractivity contribution in [3.63, 3.8) is 0 Å². The lowest BCUT2D eigenvalue weighted by atomic mass is 10.00. The number of alkyl halides is 3. The van der Waals surface area contributed by atoms with Crippen molar-refractivity contribution in [3.05, 3.63) is 58.7 Å². The van der Waals surface area contributed by atoms with Crippen molar-refractivity contribution in [1.29, 1.82) is 5.26 Å². The van der Waals surface area contributed by atoms with E-state index >= 15 is 0 Å². The zero-order valence-electron chi connectivity index (χ0n) is 15.2. The molecule has 0 aliphatic carbocycles. The molecule has 1 heterocycles. The largest absolute Gasteiger partial charge is 0.457 e. The lowest BCUT2D eigenvalue weighted by molar-refractivity contribution is -0.137. The number of carbonyl (C=O) groups is 2. The van der Waals surface area contributed by atoms with E-state index in [4.69, 9.17) is 10.00 Å². The van der Waals surface area contributed by atoms with Gasteiger partial charge in [-0.05, 0) is 54.3 Å². The van der Waals surface area contributed by atoms with Gasteiger partial charge >= 0.3 is 6.18 Å². The van der Waals surface area contributed by atoms with Gasteiger partial charge < -0.3 is 4.74 Å². The Morgan fingerprint density at radius 3 is 2.41 bits per heavy atom. The van der Waals surface area contributed by atoms with E-state index in [1.165, 1.54) is 0 Å². The molecule has 9 heteroatoms. The normalized spacial score (nSPS) is 16.4. The summed E-state index contributed by atoms with van der Waals surface area (Å²) in [6.45, 7) is 1.92. The molecule has 2 aromatic rings. The molecular formula is C20H15F3N2O3S. The number of hydrogen-bond donors (Lipinski definition) is 1. The van der Waals surface area contributed by atoms with Gasteiger partial charge in [-0.25, -0.2) is 0 Å². The first-order valence-corrected chi connectivity index (χ1v) is 9.51. The number of aryl methyl sites for hydroxylation is 1. The Kier molecular flexibility index (Phi) is 5.84. The molecule has 150 valence electrons. The predicted molar refractivity (Wildman–Crippen MR) is 101 cm³/mol. The van der Waals surface area contributed by atoms with Crippen LogP contribution in [0.5, 0.6) is 11.5 Å². The van der Waals surface area contributed by atoms with Crippen molar-refractivity contribution >= 4 is 22.9 Å². The van der Waals surface area contributed by atoms with Crippen molar-refractivity contribution < 1.29 is 27.5 Å². The number of carbonyl (C=O) groups excluding carboxylic acids is 2. The molecule has 0 saturated carbocycles. The van der Waals surface area contributed by atoms with Crippen LogP contribution in [0.3, 0.4) is 0 Å². The fourth-order valence-corrected chi connectivity index (χ4v) is 3.83. The summed E-state index contributed by atoms with van der Waals surface area (Å²) >= 11 is 0.949. The number of rotatable bonds is 5. The number of imide groups is 1. The van der Waals surface area contributed by atoms with E-state index < -0.39 is 22.6 Å². The first-order valence-electron chi connectivity index (χ1n) is 8.63. The number of ether oxygens (including phenoxy) is 1. The average molecular weight is 420 g/mol. The third-order valence-electron chi connectivity index (χ3n) is 4.38. The Balaban J connectivity index is 1.81. The molecule has 0 radical (unpaired) electrons. The number of nitrogens with one attached hydrogen (secondary N) is 1. The molecule has 1 fully saturated rings. The third kappa shape index (κ3) is 4.71. The predicted octanol–water partition coefficient (Wildman–Crippen LogP) is 4.83. The van der Waals surface area contributed by atoms with E-state index in [1.54, 1.807) is 24.3 Å². The highest BCUT2D eigenvalue weighted by Crippen LogP contribution is 2.35. The van der Waals surface area contributed by atoms with Crippen LogP contribution in [0.2, 0.25) is 0 Å². The monoisotopic (exact) mass is 420 g/mol. The summed E-state index contributed by atoms with van der Waals surface area (Å²) in [5.41, 5.74) is 0.241. The Morgan fingerprint density at radius 2 is 1.83 bits per heavy atom. The fraction of sp³-hybridized carbons (Fsp3) is 0.250. The van der Waals surface area contributed by atoms with Gasteiger partial charge in [0, 0.05) is 0 Å². The van der Waals surface area contributed by atoms with Crippen molar-refractivity contribution in [3.8, 4) is 17.6 Å². The van der Waals surface area contributed by atoms with Crippen LogP contribution in [-0.2, 0) is 23.8 Å². The summed E-state index contributed by atoms with van der Waals surface area (Å²) in [5.74, 6) is 0.186. The number of amides is 2. The topological polar surface area (TPSA) is 79.2 Å². The van der Waals surface area contributed by atoms with Crippen LogP contribution >= 0.6 is 11.8 Å². The SMILES string of the molecule is CCc1cc(Oc2ccc(C(F)(F)F)c(C#N)c2)ccc1CC1SC(=O)NC1=O. The first-order chi connectivity index (χ1) is 13.7. The Hall–Kier alpha value is -2.99. The second kappa shape index (κ2) is 8.17. The molecule has 1 aliphatic heterocycles. The number of thioether (sulfide) groups is 1. The number of nitriles is 1. The van der Waals surface area contributed by atoms with E-state index in [0.29, 0.717) is 18.6 Å². The molecule has 2 amide bonds. The summed E-state index contributed by atoms with van der Waals surface area (Å²) in [6.07, 6.45) is -3.60. The molecule has 0 spiro atoms. The first kappa shape index (κ1) is 20.7. The van der Waals surface area contributed by atoms with Gasteiger partial charge in [-0.15, -0.1) is 0 Å². The minimum atomic E-state index is -4.62. The second-order valence-corrected chi connectivity index (χ2v) is 7.47. The van der Waals surface area contributed by atoms with E-state index in [-0.39, 0.29) is 16.9 Å². The van der Waals surface area contributed by atoms with Gasteiger partial charge in [-0.3, -0.25) is 14.9 Å². The zero-order valence-corrected chi connectivity index (χ0v) is 16.0. The van der Waals surface area contributed by atoms with Gasteiger partial charge in [0.2, 0.25) is 5.91 Å². The van der Waals surface area contributed by atoms with E-state index in [9.17, 15) is 22.8 Å². The van der Waals surface area contributed by atoms with Gasteiger partial charge in [-0.1, -0.05) is 24.8 Å². The quantitative estimate of drug-likeness (QED) is 0.750. The molecule has 1 aliphatic rings. The smallest absolute Gasteiger partial charge is 0.417 e. The molecule has 1 atom stereocenters. The highest BCUT2D eigenvalue weighted by atomic mass is 32.2. The zero-order chi connectivity index (χ0) is 21.2. The van der Waals surface area contributed by atoms with Crippen LogP contribution in [0.15, 0.2) is 36.4 Å². The summed E-state index contributed by atoms with van der Waals surface area (Å²) in [4.78, 5) is 23.1. The molecule has 1 unspecified atom stereocenters. The Bertz CT molecular complexity index is 1020. The number of hydrogen-bond acceptors (Lipinski definition) is 5. The molecule has 0 bridgehead atoms. The molecule has 29 heavy (non-hydrogen) atoms. The number of halogens is 3. The minimum Gasteiger partial charge on any atom is -0.457 e. The molecule has 5 nitrogen and oxygen atoms in total. The maximum atomic E-state index is 12.9. The summed E-state index contributed by atoms with van der Waals surface area (Å²) in [6, 6.07) is 9.70. The van der Waals surface area contributed by atoms with E-state index in [2.05, 4.69) is 5.32 Å². The summed E-state index contributed by atoms with van der Waals surface area (Å²) in [5, 5.41) is 10.4. The highest BCUT2D eigenvalue weighted by molar-refractivity contribution is 8.15. The van der Waals surface area contributed by atoms with Crippen LogP contribution < -0.4 is 10.1 Å². The standard InChI is InChI=1S/C20H15F3N2O3S/c1-2-11-7-14(4-3-12(11)9-17-18(26)25-19(27)29-17)28-15-5-6-16(20(21,22)23)13(8-15)10-24/h3-8,17H,2,9H2,1H3,(H,25,26,27). The van der Waals surface area contributed by atoms with Crippen LogP contribution in [0.25, 0.3) is 0 Å². The van der Waals surface area contributed by atoms with Crippen molar-refractivity contribution in [1.82, 2.24) is 5.32 Å². The van der Waals surface area contributed by atoms with Gasteiger partial charge in [-0.2, -0.15) is 18.4 Å². The second-order valence-electron chi connectivity index (χ2n) is 6.29. The maximum absolute atomic E-state index is 12.9. The number of nitrogens with zero attached hydrogens (tertiary/aromatic N) is 1. The average Bonchev–Trinajstić information content (AvgIpc) is 2.98. The van der Waals surface area contributed by atoms with Gasteiger partial charge in [0.15, 0.2) is 0 Å².